The average Bonchev–Trinajstić information content (AvgIpc) is 3.23. The molecule has 0 aromatic heterocycles. The van der Waals surface area contributed by atoms with Crippen LogP contribution in [0.4, 0.5) is 5.69 Å². The van der Waals surface area contributed by atoms with E-state index < -0.39 is 21.4 Å². The molecule has 2 aliphatic heterocycles. The maximum atomic E-state index is 14.2. The van der Waals surface area contributed by atoms with E-state index in [1.807, 2.05) is 31.2 Å². The molecule has 2 heterocycles. The van der Waals surface area contributed by atoms with E-state index in [1.54, 1.807) is 24.3 Å². The third-order valence-electron chi connectivity index (χ3n) is 8.73. The van der Waals surface area contributed by atoms with Gasteiger partial charge in [-0.1, -0.05) is 65.7 Å². The molecule has 3 aliphatic rings. The number of anilines is 1. The van der Waals surface area contributed by atoms with Gasteiger partial charge in [0.05, 0.1) is 24.2 Å². The molecule has 7 heteroatoms. The van der Waals surface area contributed by atoms with Crippen molar-refractivity contribution in [1.29, 1.82) is 0 Å². The number of carbonyl (C=O) groups is 1. The molecular formula is C32H33NO5S. The van der Waals surface area contributed by atoms with E-state index in [0.29, 0.717) is 25.3 Å². The Hall–Kier alpha value is -3.42. The van der Waals surface area contributed by atoms with Gasteiger partial charge in [0, 0.05) is 24.2 Å². The number of hydrogen-bond acceptors (Lipinski definition) is 5. The quantitative estimate of drug-likeness (QED) is 0.390. The van der Waals surface area contributed by atoms with Crippen molar-refractivity contribution in [3.05, 3.63) is 95.1 Å². The van der Waals surface area contributed by atoms with Crippen molar-refractivity contribution in [1.82, 2.24) is 0 Å². The summed E-state index contributed by atoms with van der Waals surface area (Å²) in [7, 11) is -2.57. The lowest BCUT2D eigenvalue weighted by molar-refractivity contribution is -0.150. The lowest BCUT2D eigenvalue weighted by Gasteiger charge is -2.43. The van der Waals surface area contributed by atoms with E-state index in [9.17, 15) is 13.2 Å². The Kier molecular flexibility index (Phi) is 6.19. The molecule has 0 bridgehead atoms. The van der Waals surface area contributed by atoms with Crippen molar-refractivity contribution < 1.29 is 22.7 Å². The van der Waals surface area contributed by atoms with Crippen LogP contribution in [0, 0.1) is 24.7 Å². The number of rotatable bonds is 4. The Morgan fingerprint density at radius 1 is 0.872 bits per heavy atom. The van der Waals surface area contributed by atoms with Crippen LogP contribution in [-0.2, 0) is 24.3 Å². The largest absolute Gasteiger partial charge is 0.468 e. The summed E-state index contributed by atoms with van der Waals surface area (Å²) in [4.78, 5) is 14.2. The molecule has 0 N–H and O–H groups in total. The van der Waals surface area contributed by atoms with Gasteiger partial charge in [0.25, 0.3) is 10.0 Å². The van der Waals surface area contributed by atoms with Crippen molar-refractivity contribution in [2.24, 2.45) is 10.8 Å². The molecule has 3 aromatic carbocycles. The molecule has 1 atom stereocenters. The van der Waals surface area contributed by atoms with Gasteiger partial charge in [-0.15, -0.1) is 0 Å². The first-order valence-electron chi connectivity index (χ1n) is 13.4. The molecule has 0 radical (unpaired) electrons. The van der Waals surface area contributed by atoms with Crippen LogP contribution in [0.3, 0.4) is 0 Å². The predicted octanol–water partition coefficient (Wildman–Crippen LogP) is 5.78. The molecule has 39 heavy (non-hydrogen) atoms. The second-order valence-corrected chi connectivity index (χ2v) is 13.0. The van der Waals surface area contributed by atoms with Gasteiger partial charge in [0.1, 0.15) is 5.41 Å². The average molecular weight is 544 g/mol. The van der Waals surface area contributed by atoms with Crippen molar-refractivity contribution in [2.75, 3.05) is 31.2 Å². The summed E-state index contributed by atoms with van der Waals surface area (Å²) in [5, 5.41) is 0. The minimum Gasteiger partial charge on any atom is -0.468 e. The van der Waals surface area contributed by atoms with Gasteiger partial charge in [0.2, 0.25) is 0 Å². The van der Waals surface area contributed by atoms with E-state index in [4.69, 9.17) is 9.47 Å². The van der Waals surface area contributed by atoms with Gasteiger partial charge in [-0.2, -0.15) is 0 Å². The number of methoxy groups -OCH3 is 1. The van der Waals surface area contributed by atoms with Gasteiger partial charge in [-0.3, -0.25) is 9.10 Å². The molecule has 1 saturated heterocycles. The second kappa shape index (κ2) is 9.35. The number of fused-ring (bicyclic) bond motifs is 3. The smallest absolute Gasteiger partial charge is 0.318 e. The van der Waals surface area contributed by atoms with Crippen LogP contribution in [0.15, 0.2) is 77.7 Å². The summed E-state index contributed by atoms with van der Waals surface area (Å²) < 4.78 is 41.1. The molecule has 6 nitrogen and oxygen atoms in total. The third-order valence-corrected chi connectivity index (χ3v) is 10.5. The van der Waals surface area contributed by atoms with Gasteiger partial charge in [0.15, 0.2) is 0 Å². The molecule has 6 rings (SSSR count). The number of esters is 1. The molecule has 1 unspecified atom stereocenters. The third kappa shape index (κ3) is 3.94. The van der Waals surface area contributed by atoms with Crippen LogP contribution in [-0.4, -0.2) is 41.3 Å². The van der Waals surface area contributed by atoms with Gasteiger partial charge < -0.3 is 9.47 Å². The lowest BCUT2D eigenvalue weighted by atomic mass is 9.69. The standard InChI is InChI=1S/C32H33NO5S/c1-22-8-12-24(13-9-22)28-29-26-6-4-5-7-27(26)33(39(35,36)25-14-10-23(2)11-15-25)21-32(29,30(34)37-3)20-31(28)16-18-38-19-17-31/h4-15H,16-21H2,1-3H3. The predicted molar refractivity (Wildman–Crippen MR) is 152 cm³/mol. The van der Waals surface area contributed by atoms with Crippen LogP contribution in [0.1, 0.15) is 41.5 Å². The number of sulfonamides is 1. The highest BCUT2D eigenvalue weighted by Crippen LogP contribution is 2.67. The van der Waals surface area contributed by atoms with E-state index in [1.165, 1.54) is 11.4 Å². The van der Waals surface area contributed by atoms with Crippen LogP contribution < -0.4 is 4.31 Å². The summed E-state index contributed by atoms with van der Waals surface area (Å²) in [6.45, 7) is 5.15. The first-order valence-corrected chi connectivity index (χ1v) is 14.8. The highest BCUT2D eigenvalue weighted by atomic mass is 32.2. The molecule has 1 aliphatic carbocycles. The zero-order valence-electron chi connectivity index (χ0n) is 22.6. The molecule has 1 fully saturated rings. The Bertz CT molecular complexity index is 1570. The maximum Gasteiger partial charge on any atom is 0.318 e. The lowest BCUT2D eigenvalue weighted by Crippen LogP contribution is -2.50. The Balaban J connectivity index is 1.66. The zero-order chi connectivity index (χ0) is 27.4. The van der Waals surface area contributed by atoms with Gasteiger partial charge in [-0.05, 0) is 68.0 Å². The summed E-state index contributed by atoms with van der Waals surface area (Å²) in [5.41, 5.74) is 5.07. The fourth-order valence-electron chi connectivity index (χ4n) is 6.86. The second-order valence-electron chi connectivity index (χ2n) is 11.1. The van der Waals surface area contributed by atoms with Crippen LogP contribution >= 0.6 is 0 Å². The van der Waals surface area contributed by atoms with Crippen molar-refractivity contribution in [3.8, 4) is 0 Å². The monoisotopic (exact) mass is 543 g/mol. The molecule has 0 saturated carbocycles. The van der Waals surface area contributed by atoms with Crippen LogP contribution in [0.5, 0.6) is 0 Å². The SMILES string of the molecule is COC(=O)C12CN(S(=O)(=O)c3ccc(C)cc3)c3ccccc3C1=C(c1ccc(C)cc1)C1(CCOCC1)C2. The van der Waals surface area contributed by atoms with Crippen molar-refractivity contribution in [3.63, 3.8) is 0 Å². The van der Waals surface area contributed by atoms with Gasteiger partial charge in [-0.25, -0.2) is 8.42 Å². The van der Waals surface area contributed by atoms with E-state index in [2.05, 4.69) is 31.2 Å². The minimum absolute atomic E-state index is 0.0137. The fourth-order valence-corrected chi connectivity index (χ4v) is 8.41. The van der Waals surface area contributed by atoms with Crippen LogP contribution in [0.25, 0.3) is 11.1 Å². The maximum absolute atomic E-state index is 14.2. The Morgan fingerprint density at radius 3 is 2.13 bits per heavy atom. The van der Waals surface area contributed by atoms with Crippen molar-refractivity contribution >= 4 is 32.8 Å². The van der Waals surface area contributed by atoms with Crippen molar-refractivity contribution in [2.45, 2.75) is 38.0 Å². The van der Waals surface area contributed by atoms with E-state index in [0.717, 1.165) is 46.2 Å². The molecule has 1 spiro atoms. The number of carbonyl (C=O) groups excluding carboxylic acids is 1. The van der Waals surface area contributed by atoms with Gasteiger partial charge >= 0.3 is 5.97 Å². The number of benzene rings is 3. The molecule has 202 valence electrons. The number of allylic oxidation sites excluding steroid dienone is 1. The summed E-state index contributed by atoms with van der Waals surface area (Å²) in [5.74, 6) is -0.399. The summed E-state index contributed by atoms with van der Waals surface area (Å²) >= 11 is 0. The molecular weight excluding hydrogens is 510 g/mol. The molecule has 3 aromatic rings. The number of nitrogens with zero attached hydrogens (tertiary/aromatic N) is 1. The highest BCUT2D eigenvalue weighted by molar-refractivity contribution is 7.92. The zero-order valence-corrected chi connectivity index (χ0v) is 23.4. The first kappa shape index (κ1) is 25.8. The minimum atomic E-state index is -3.96. The number of ether oxygens (including phenoxy) is 2. The topological polar surface area (TPSA) is 72.9 Å². The Morgan fingerprint density at radius 2 is 1.49 bits per heavy atom. The van der Waals surface area contributed by atoms with E-state index >= 15 is 0 Å². The summed E-state index contributed by atoms with van der Waals surface area (Å²) in [6.07, 6.45) is 1.99. The van der Waals surface area contributed by atoms with E-state index in [-0.39, 0.29) is 16.9 Å². The molecule has 0 amide bonds. The van der Waals surface area contributed by atoms with Crippen LogP contribution in [0.2, 0.25) is 0 Å². The normalized spacial score (nSPS) is 22.0. The first-order chi connectivity index (χ1) is 18.7. The number of aryl methyl sites for hydroxylation is 2. The summed E-state index contributed by atoms with van der Waals surface area (Å²) in [6, 6.07) is 22.9. The number of hydrogen-bond donors (Lipinski definition) is 0. The fraction of sp³-hybridized carbons (Fsp3) is 0.344. The Labute approximate surface area is 230 Å². The number of para-hydroxylation sites is 1. The highest BCUT2D eigenvalue weighted by Gasteiger charge is 2.62.